The number of carbonyl (C=O) groups excluding carboxylic acids is 3. The van der Waals surface area contributed by atoms with Crippen LogP contribution in [0.15, 0.2) is 54.6 Å². The van der Waals surface area contributed by atoms with Crippen LogP contribution in [0.4, 0.5) is 0 Å². The molecule has 0 aromatic heterocycles. The number of hydrogen-bond donors (Lipinski definition) is 3. The lowest BCUT2D eigenvalue weighted by molar-refractivity contribution is -0.131. The maximum Gasteiger partial charge on any atom is 0.248 e. The molecule has 4 rings (SSSR count). The molecule has 2 unspecified atom stereocenters. The summed E-state index contributed by atoms with van der Waals surface area (Å²) < 4.78 is 0. The Hall–Kier alpha value is -3.19. The standard InChI is InChI=1S/C30H40N4O3/c1-19(2)13-27(29(32)36)33-30(37)24(14-20-7-4-3-5-8-20)18-34-25-11-12-26(34)17-23(16-25)21-9-6-10-22(15-21)28(31)35/h3-10,15,19,23-27H,11-14,16-18H2,1-2H3,(H2,31,35)(H2,32,36)(H,33,37)/t23?,24-,25?,26?,27+/m1/s1. The molecule has 37 heavy (non-hydrogen) atoms. The largest absolute Gasteiger partial charge is 0.368 e. The number of nitrogens with zero attached hydrogens (tertiary/aromatic N) is 1. The maximum absolute atomic E-state index is 13.5. The monoisotopic (exact) mass is 504 g/mol. The van der Waals surface area contributed by atoms with Crippen molar-refractivity contribution in [1.82, 2.24) is 10.2 Å². The third-order valence-electron chi connectivity index (χ3n) is 8.02. The van der Waals surface area contributed by atoms with Gasteiger partial charge in [0.1, 0.15) is 6.04 Å². The first-order valence-corrected chi connectivity index (χ1v) is 13.5. The molecule has 2 aromatic rings. The summed E-state index contributed by atoms with van der Waals surface area (Å²) in [5.41, 5.74) is 14.0. The van der Waals surface area contributed by atoms with E-state index in [2.05, 4.69) is 16.3 Å². The zero-order valence-corrected chi connectivity index (χ0v) is 21.9. The van der Waals surface area contributed by atoms with Crippen LogP contribution in [-0.4, -0.2) is 47.3 Å². The van der Waals surface area contributed by atoms with Crippen LogP contribution in [0.5, 0.6) is 0 Å². The number of nitrogens with two attached hydrogens (primary N) is 2. The van der Waals surface area contributed by atoms with Gasteiger partial charge in [-0.2, -0.15) is 0 Å². The fourth-order valence-electron chi connectivity index (χ4n) is 6.19. The van der Waals surface area contributed by atoms with Crippen molar-refractivity contribution in [3.05, 3.63) is 71.3 Å². The van der Waals surface area contributed by atoms with Gasteiger partial charge >= 0.3 is 0 Å². The van der Waals surface area contributed by atoms with Crippen LogP contribution in [0.25, 0.3) is 0 Å². The maximum atomic E-state index is 13.5. The summed E-state index contributed by atoms with van der Waals surface area (Å²) in [6, 6.07) is 17.9. The molecule has 2 heterocycles. The zero-order valence-electron chi connectivity index (χ0n) is 21.9. The summed E-state index contributed by atoms with van der Waals surface area (Å²) in [6.45, 7) is 4.69. The molecule has 7 heteroatoms. The van der Waals surface area contributed by atoms with Crippen molar-refractivity contribution in [3.63, 3.8) is 0 Å². The molecule has 3 amide bonds. The number of amides is 3. The van der Waals surface area contributed by atoms with Gasteiger partial charge in [0.2, 0.25) is 17.7 Å². The highest BCUT2D eigenvalue weighted by atomic mass is 16.2. The SMILES string of the molecule is CC(C)C[C@H](NC(=O)[C@H](Cc1ccccc1)CN1C2CCC1CC(c1cccc(C(N)=O)c1)C2)C(N)=O. The Morgan fingerprint density at radius 3 is 2.24 bits per heavy atom. The normalized spacial score (nSPS) is 22.9. The summed E-state index contributed by atoms with van der Waals surface area (Å²) in [7, 11) is 0. The van der Waals surface area contributed by atoms with E-state index in [9.17, 15) is 14.4 Å². The lowest BCUT2D eigenvalue weighted by Crippen LogP contribution is -2.51. The molecule has 198 valence electrons. The van der Waals surface area contributed by atoms with Crippen molar-refractivity contribution in [3.8, 4) is 0 Å². The molecule has 4 atom stereocenters. The second-order valence-corrected chi connectivity index (χ2v) is 11.2. The lowest BCUT2D eigenvalue weighted by atomic mass is 9.83. The number of primary amides is 2. The van der Waals surface area contributed by atoms with Crippen LogP contribution in [0.1, 0.15) is 73.4 Å². The molecule has 0 spiro atoms. The van der Waals surface area contributed by atoms with Crippen molar-refractivity contribution in [2.24, 2.45) is 23.3 Å². The average Bonchev–Trinajstić information content (AvgIpc) is 3.09. The molecular formula is C30H40N4O3. The Balaban J connectivity index is 1.49. The molecule has 2 saturated heterocycles. The first kappa shape index (κ1) is 26.9. The minimum Gasteiger partial charge on any atom is -0.368 e. The first-order chi connectivity index (χ1) is 17.7. The Morgan fingerprint density at radius 2 is 1.65 bits per heavy atom. The van der Waals surface area contributed by atoms with Gasteiger partial charge in [-0.15, -0.1) is 0 Å². The van der Waals surface area contributed by atoms with Crippen LogP contribution in [0, 0.1) is 11.8 Å². The minimum atomic E-state index is -0.661. The van der Waals surface area contributed by atoms with Gasteiger partial charge in [-0.1, -0.05) is 56.3 Å². The molecule has 0 aliphatic carbocycles. The smallest absolute Gasteiger partial charge is 0.248 e. The van der Waals surface area contributed by atoms with Crippen molar-refractivity contribution in [2.75, 3.05) is 6.54 Å². The van der Waals surface area contributed by atoms with Crippen molar-refractivity contribution >= 4 is 17.7 Å². The van der Waals surface area contributed by atoms with E-state index in [1.165, 1.54) is 5.56 Å². The highest BCUT2D eigenvalue weighted by molar-refractivity contribution is 5.93. The van der Waals surface area contributed by atoms with Crippen LogP contribution < -0.4 is 16.8 Å². The number of fused-ring (bicyclic) bond motifs is 2. The molecular weight excluding hydrogens is 464 g/mol. The van der Waals surface area contributed by atoms with Gasteiger partial charge in [0.15, 0.2) is 0 Å². The van der Waals surface area contributed by atoms with E-state index in [0.717, 1.165) is 31.2 Å². The van der Waals surface area contributed by atoms with E-state index in [1.807, 2.05) is 56.3 Å². The van der Waals surface area contributed by atoms with Gasteiger partial charge in [0.05, 0.1) is 5.92 Å². The van der Waals surface area contributed by atoms with Gasteiger partial charge in [-0.3, -0.25) is 19.3 Å². The summed E-state index contributed by atoms with van der Waals surface area (Å²) in [5, 5.41) is 2.98. The second-order valence-electron chi connectivity index (χ2n) is 11.2. The molecule has 7 nitrogen and oxygen atoms in total. The van der Waals surface area contributed by atoms with E-state index in [-0.39, 0.29) is 17.7 Å². The number of hydrogen-bond acceptors (Lipinski definition) is 4. The number of rotatable bonds is 11. The molecule has 2 aromatic carbocycles. The van der Waals surface area contributed by atoms with Crippen molar-refractivity contribution in [1.29, 1.82) is 0 Å². The quantitative estimate of drug-likeness (QED) is 0.435. The number of carbonyl (C=O) groups is 3. The predicted octanol–water partition coefficient (Wildman–Crippen LogP) is 3.37. The summed E-state index contributed by atoms with van der Waals surface area (Å²) in [5.74, 6) is -0.658. The number of nitrogens with one attached hydrogen (secondary N) is 1. The van der Waals surface area contributed by atoms with Crippen LogP contribution in [0.2, 0.25) is 0 Å². The second kappa shape index (κ2) is 11.9. The van der Waals surface area contributed by atoms with Crippen molar-refractivity contribution < 1.29 is 14.4 Å². The predicted molar refractivity (Wildman–Crippen MR) is 145 cm³/mol. The van der Waals surface area contributed by atoms with Gasteiger partial charge in [-0.05, 0) is 73.6 Å². The number of piperidine rings is 1. The van der Waals surface area contributed by atoms with Gasteiger partial charge in [-0.25, -0.2) is 0 Å². The molecule has 2 fully saturated rings. The Kier molecular flexibility index (Phi) is 8.64. The molecule has 2 aliphatic rings. The summed E-state index contributed by atoms with van der Waals surface area (Å²) in [4.78, 5) is 39.8. The van der Waals surface area contributed by atoms with Gasteiger partial charge in [0.25, 0.3) is 0 Å². The Bertz CT molecular complexity index is 1090. The van der Waals surface area contributed by atoms with Crippen LogP contribution in [-0.2, 0) is 16.0 Å². The minimum absolute atomic E-state index is 0.107. The Labute approximate surface area is 220 Å². The molecule has 0 saturated carbocycles. The lowest BCUT2D eigenvalue weighted by Gasteiger charge is -2.41. The molecule has 2 bridgehead atoms. The highest BCUT2D eigenvalue weighted by Gasteiger charge is 2.42. The Morgan fingerprint density at radius 1 is 0.973 bits per heavy atom. The topological polar surface area (TPSA) is 119 Å². The fraction of sp³-hybridized carbons (Fsp3) is 0.500. The average molecular weight is 505 g/mol. The summed E-state index contributed by atoms with van der Waals surface area (Å²) >= 11 is 0. The molecule has 0 radical (unpaired) electrons. The van der Waals surface area contributed by atoms with Gasteiger partial charge in [0, 0.05) is 24.2 Å². The molecule has 5 N–H and O–H groups in total. The van der Waals surface area contributed by atoms with E-state index in [1.54, 1.807) is 6.07 Å². The van der Waals surface area contributed by atoms with Crippen molar-refractivity contribution in [2.45, 2.75) is 76.4 Å². The zero-order chi connectivity index (χ0) is 26.5. The van der Waals surface area contributed by atoms with Gasteiger partial charge < -0.3 is 16.8 Å². The van der Waals surface area contributed by atoms with E-state index in [0.29, 0.717) is 43.0 Å². The van der Waals surface area contributed by atoms with Crippen LogP contribution in [0.3, 0.4) is 0 Å². The first-order valence-electron chi connectivity index (χ1n) is 13.5. The van der Waals surface area contributed by atoms with E-state index < -0.39 is 17.9 Å². The van der Waals surface area contributed by atoms with Crippen LogP contribution >= 0.6 is 0 Å². The highest BCUT2D eigenvalue weighted by Crippen LogP contribution is 2.43. The summed E-state index contributed by atoms with van der Waals surface area (Å²) in [6.07, 6.45) is 5.34. The fourth-order valence-corrected chi connectivity index (χ4v) is 6.19. The third-order valence-corrected chi connectivity index (χ3v) is 8.02. The molecule has 2 aliphatic heterocycles. The third kappa shape index (κ3) is 6.77. The number of benzene rings is 2. The van der Waals surface area contributed by atoms with E-state index in [4.69, 9.17) is 11.5 Å². The van der Waals surface area contributed by atoms with E-state index >= 15 is 0 Å².